The Morgan fingerprint density at radius 2 is 1.18 bits per heavy atom. The first kappa shape index (κ1) is 12.5. The summed E-state index contributed by atoms with van der Waals surface area (Å²) in [5, 5.41) is 0. The molecule has 5 nitrogen and oxygen atoms in total. The standard InChI is InChI=1S/C17H10N4O/c22-17(11-7-15-13(20-9-11)3-1-5-18-15)12-8-16-14(21-10-12)4-2-6-19-16/h1-10H. The van der Waals surface area contributed by atoms with Gasteiger partial charge in [0.15, 0.2) is 5.78 Å². The molecule has 22 heavy (non-hydrogen) atoms. The van der Waals surface area contributed by atoms with Gasteiger partial charge >= 0.3 is 0 Å². The topological polar surface area (TPSA) is 68.6 Å². The minimum Gasteiger partial charge on any atom is -0.288 e. The highest BCUT2D eigenvalue weighted by molar-refractivity contribution is 6.10. The molecular weight excluding hydrogens is 276 g/mol. The molecule has 4 heterocycles. The lowest BCUT2D eigenvalue weighted by atomic mass is 10.1. The largest absolute Gasteiger partial charge is 0.288 e. The zero-order valence-electron chi connectivity index (χ0n) is 11.5. The molecule has 0 N–H and O–H groups in total. The molecule has 0 amide bonds. The smallest absolute Gasteiger partial charge is 0.196 e. The van der Waals surface area contributed by atoms with Gasteiger partial charge in [-0.1, -0.05) is 0 Å². The molecule has 0 fully saturated rings. The molecule has 0 aliphatic rings. The maximum Gasteiger partial charge on any atom is 0.196 e. The fourth-order valence-corrected chi connectivity index (χ4v) is 2.32. The van der Waals surface area contributed by atoms with Crippen molar-refractivity contribution in [2.24, 2.45) is 0 Å². The Kier molecular flexibility index (Phi) is 2.83. The number of hydrogen-bond donors (Lipinski definition) is 0. The first-order chi connectivity index (χ1) is 10.8. The molecule has 104 valence electrons. The van der Waals surface area contributed by atoms with E-state index in [1.165, 1.54) is 0 Å². The summed E-state index contributed by atoms with van der Waals surface area (Å²) in [5.41, 5.74) is 3.89. The van der Waals surface area contributed by atoms with Gasteiger partial charge in [0.05, 0.1) is 22.1 Å². The molecule has 0 saturated carbocycles. The van der Waals surface area contributed by atoms with E-state index in [0.29, 0.717) is 22.2 Å². The second-order valence-electron chi connectivity index (χ2n) is 4.86. The van der Waals surface area contributed by atoms with Crippen LogP contribution in [0.5, 0.6) is 0 Å². The van der Waals surface area contributed by atoms with E-state index in [9.17, 15) is 4.79 Å². The van der Waals surface area contributed by atoms with Crippen LogP contribution in [-0.4, -0.2) is 25.7 Å². The molecule has 0 bridgehead atoms. The van der Waals surface area contributed by atoms with Gasteiger partial charge in [-0.2, -0.15) is 0 Å². The van der Waals surface area contributed by atoms with E-state index in [-0.39, 0.29) is 5.78 Å². The molecule has 0 saturated heterocycles. The summed E-state index contributed by atoms with van der Waals surface area (Å²) in [6, 6.07) is 10.8. The number of hydrogen-bond acceptors (Lipinski definition) is 5. The van der Waals surface area contributed by atoms with Gasteiger partial charge in [-0.15, -0.1) is 0 Å². The third kappa shape index (κ3) is 2.09. The summed E-state index contributed by atoms with van der Waals surface area (Å²) in [6.07, 6.45) is 6.49. The van der Waals surface area contributed by atoms with Crippen LogP contribution in [0.3, 0.4) is 0 Å². The van der Waals surface area contributed by atoms with Gasteiger partial charge in [-0.25, -0.2) is 0 Å². The summed E-state index contributed by atoms with van der Waals surface area (Å²) in [4.78, 5) is 29.6. The van der Waals surface area contributed by atoms with Crippen molar-refractivity contribution in [2.75, 3.05) is 0 Å². The Balaban J connectivity index is 1.80. The van der Waals surface area contributed by atoms with Crippen molar-refractivity contribution in [2.45, 2.75) is 0 Å². The lowest BCUT2D eigenvalue weighted by Crippen LogP contribution is -2.03. The van der Waals surface area contributed by atoms with E-state index in [1.807, 2.05) is 24.3 Å². The second kappa shape index (κ2) is 4.96. The second-order valence-corrected chi connectivity index (χ2v) is 4.86. The predicted molar refractivity (Wildman–Crippen MR) is 82.5 cm³/mol. The van der Waals surface area contributed by atoms with E-state index in [0.717, 1.165) is 11.0 Å². The normalized spacial score (nSPS) is 10.9. The highest BCUT2D eigenvalue weighted by Gasteiger charge is 2.12. The molecule has 0 radical (unpaired) electrons. The van der Waals surface area contributed by atoms with Gasteiger partial charge in [0.25, 0.3) is 0 Å². The molecule has 0 spiro atoms. The van der Waals surface area contributed by atoms with Crippen LogP contribution in [0.4, 0.5) is 0 Å². The molecule has 0 aliphatic carbocycles. The van der Waals surface area contributed by atoms with E-state index in [1.54, 1.807) is 36.9 Å². The number of nitrogens with zero attached hydrogens (tertiary/aromatic N) is 4. The maximum absolute atomic E-state index is 12.6. The van der Waals surface area contributed by atoms with Crippen LogP contribution in [0.15, 0.2) is 61.2 Å². The molecule has 4 aromatic rings. The Morgan fingerprint density at radius 3 is 1.68 bits per heavy atom. The average molecular weight is 286 g/mol. The summed E-state index contributed by atoms with van der Waals surface area (Å²) in [7, 11) is 0. The van der Waals surface area contributed by atoms with Gasteiger partial charge in [0, 0.05) is 35.9 Å². The number of ketones is 1. The lowest BCUT2D eigenvalue weighted by molar-refractivity contribution is 0.103. The van der Waals surface area contributed by atoms with Crippen LogP contribution >= 0.6 is 0 Å². The van der Waals surface area contributed by atoms with Gasteiger partial charge in [-0.05, 0) is 36.4 Å². The zero-order chi connectivity index (χ0) is 14.9. The van der Waals surface area contributed by atoms with Crippen molar-refractivity contribution in [1.29, 1.82) is 0 Å². The van der Waals surface area contributed by atoms with E-state index in [2.05, 4.69) is 19.9 Å². The zero-order valence-corrected chi connectivity index (χ0v) is 11.5. The third-order valence-corrected chi connectivity index (χ3v) is 3.43. The van der Waals surface area contributed by atoms with Crippen molar-refractivity contribution in [3.05, 3.63) is 72.3 Å². The first-order valence-electron chi connectivity index (χ1n) is 6.77. The van der Waals surface area contributed by atoms with Crippen LogP contribution in [0.25, 0.3) is 22.1 Å². The minimum absolute atomic E-state index is 0.139. The van der Waals surface area contributed by atoms with Crippen molar-refractivity contribution in [3.8, 4) is 0 Å². The quantitative estimate of drug-likeness (QED) is 0.530. The number of pyridine rings is 4. The monoisotopic (exact) mass is 286 g/mol. The van der Waals surface area contributed by atoms with Crippen LogP contribution in [0.2, 0.25) is 0 Å². The van der Waals surface area contributed by atoms with Crippen molar-refractivity contribution in [1.82, 2.24) is 19.9 Å². The maximum atomic E-state index is 12.6. The average Bonchev–Trinajstić information content (AvgIpc) is 2.60. The Hall–Kier alpha value is -3.21. The van der Waals surface area contributed by atoms with Gasteiger partial charge in [-0.3, -0.25) is 24.7 Å². The summed E-state index contributed by atoms with van der Waals surface area (Å²) in [5.74, 6) is -0.139. The lowest BCUT2D eigenvalue weighted by Gasteiger charge is -2.03. The fourth-order valence-electron chi connectivity index (χ4n) is 2.32. The number of aromatic nitrogens is 4. The van der Waals surface area contributed by atoms with Crippen LogP contribution in [-0.2, 0) is 0 Å². The summed E-state index contributed by atoms with van der Waals surface area (Å²) < 4.78 is 0. The SMILES string of the molecule is O=C(c1cnc2cccnc2c1)c1cnc2cccnc2c1. The molecule has 0 aromatic carbocycles. The highest BCUT2D eigenvalue weighted by Crippen LogP contribution is 2.16. The summed E-state index contributed by atoms with van der Waals surface area (Å²) in [6.45, 7) is 0. The van der Waals surface area contributed by atoms with Crippen LogP contribution in [0.1, 0.15) is 15.9 Å². The van der Waals surface area contributed by atoms with Gasteiger partial charge in [0.1, 0.15) is 0 Å². The molecule has 4 aromatic heterocycles. The minimum atomic E-state index is -0.139. The molecule has 0 atom stereocenters. The molecule has 0 unspecified atom stereocenters. The predicted octanol–water partition coefficient (Wildman–Crippen LogP) is 2.80. The van der Waals surface area contributed by atoms with Crippen molar-refractivity contribution < 1.29 is 4.79 Å². The first-order valence-corrected chi connectivity index (χ1v) is 6.77. The third-order valence-electron chi connectivity index (χ3n) is 3.43. The number of rotatable bonds is 2. The van der Waals surface area contributed by atoms with Crippen LogP contribution < -0.4 is 0 Å². The molecule has 5 heteroatoms. The van der Waals surface area contributed by atoms with E-state index >= 15 is 0 Å². The molecule has 4 rings (SSSR count). The van der Waals surface area contributed by atoms with Crippen molar-refractivity contribution >= 4 is 27.9 Å². The van der Waals surface area contributed by atoms with Crippen molar-refractivity contribution in [3.63, 3.8) is 0 Å². The Bertz CT molecular complexity index is 932. The van der Waals surface area contributed by atoms with Crippen LogP contribution in [0, 0.1) is 0 Å². The Labute approximate surface area is 125 Å². The highest BCUT2D eigenvalue weighted by atomic mass is 16.1. The number of carbonyl (C=O) groups is 1. The molecule has 0 aliphatic heterocycles. The van der Waals surface area contributed by atoms with Gasteiger partial charge < -0.3 is 0 Å². The van der Waals surface area contributed by atoms with E-state index in [4.69, 9.17) is 0 Å². The Morgan fingerprint density at radius 1 is 0.682 bits per heavy atom. The summed E-state index contributed by atoms with van der Waals surface area (Å²) >= 11 is 0. The number of fused-ring (bicyclic) bond motifs is 2. The molecular formula is C17H10N4O. The van der Waals surface area contributed by atoms with Gasteiger partial charge in [0.2, 0.25) is 0 Å². The van der Waals surface area contributed by atoms with E-state index < -0.39 is 0 Å². The number of carbonyl (C=O) groups excluding carboxylic acids is 1. The fraction of sp³-hybridized carbons (Fsp3) is 0.